The van der Waals surface area contributed by atoms with Gasteiger partial charge in [-0.1, -0.05) is 29.8 Å². The number of ether oxygens (including phenoxy) is 1. The number of methoxy groups -OCH3 is 1. The molecular weight excluding hydrogens is 304 g/mol. The van der Waals surface area contributed by atoms with Crippen LogP contribution in [0.15, 0.2) is 22.7 Å². The van der Waals surface area contributed by atoms with E-state index in [0.29, 0.717) is 5.92 Å². The van der Waals surface area contributed by atoms with Gasteiger partial charge in [-0.2, -0.15) is 0 Å². The molecule has 0 aliphatic rings. The first kappa shape index (κ1) is 14.1. The number of rotatable bonds is 4. The zero-order valence-corrected chi connectivity index (χ0v) is 13.3. The number of nitrogens with one attached hydrogen (secondary N) is 1. The minimum atomic E-state index is 0.380. The molecule has 1 aromatic carbocycles. The molecule has 0 aliphatic heterocycles. The summed E-state index contributed by atoms with van der Waals surface area (Å²) in [6.07, 6.45) is 0. The van der Waals surface area contributed by atoms with Gasteiger partial charge in [0.2, 0.25) is 0 Å². The van der Waals surface area contributed by atoms with Gasteiger partial charge >= 0.3 is 0 Å². The molecular formula is C15H19BrN2O. The zero-order chi connectivity index (χ0) is 14.0. The fraction of sp³-hybridized carbons (Fsp3) is 0.400. The van der Waals surface area contributed by atoms with E-state index >= 15 is 0 Å². The van der Waals surface area contributed by atoms with E-state index in [2.05, 4.69) is 48.1 Å². The minimum absolute atomic E-state index is 0.380. The number of fused-ring (bicyclic) bond motifs is 1. The molecule has 0 saturated carbocycles. The van der Waals surface area contributed by atoms with Crippen LogP contribution < -0.4 is 10.1 Å². The number of benzene rings is 1. The maximum atomic E-state index is 5.44. The molecule has 2 aromatic rings. The summed E-state index contributed by atoms with van der Waals surface area (Å²) in [7, 11) is 1.68. The third kappa shape index (κ3) is 2.68. The lowest BCUT2D eigenvalue weighted by molar-refractivity contribution is 0.418. The Labute approximate surface area is 122 Å². The molecule has 4 heteroatoms. The fourth-order valence-corrected chi connectivity index (χ4v) is 2.62. The summed E-state index contributed by atoms with van der Waals surface area (Å²) < 4.78 is 6.47. The zero-order valence-electron chi connectivity index (χ0n) is 11.7. The lowest BCUT2D eigenvalue weighted by atomic mass is 10.1. The Bertz CT molecular complexity index is 596. The number of hydrogen-bond donors (Lipinski definition) is 1. The smallest absolute Gasteiger partial charge is 0.145 e. The Morgan fingerprint density at radius 1 is 1.37 bits per heavy atom. The van der Waals surface area contributed by atoms with Crippen molar-refractivity contribution in [3.63, 3.8) is 0 Å². The number of hydrogen-bond acceptors (Lipinski definition) is 3. The van der Waals surface area contributed by atoms with Crippen molar-refractivity contribution in [3.8, 4) is 5.75 Å². The lowest BCUT2D eigenvalue weighted by Gasteiger charge is -2.15. The fourth-order valence-electron chi connectivity index (χ4n) is 2.09. The Morgan fingerprint density at radius 3 is 2.68 bits per heavy atom. The average Bonchev–Trinajstić information content (AvgIpc) is 2.39. The van der Waals surface area contributed by atoms with E-state index in [1.165, 1.54) is 0 Å². The summed E-state index contributed by atoms with van der Waals surface area (Å²) in [6, 6.07) is 6.07. The number of pyridine rings is 1. The maximum Gasteiger partial charge on any atom is 0.145 e. The summed E-state index contributed by atoms with van der Waals surface area (Å²) in [4.78, 5) is 4.75. The maximum absolute atomic E-state index is 5.44. The van der Waals surface area contributed by atoms with Gasteiger partial charge in [0.25, 0.3) is 0 Å². The number of nitrogens with zero attached hydrogens (tertiary/aromatic N) is 1. The third-order valence-electron chi connectivity index (χ3n) is 3.07. The molecule has 0 amide bonds. The SMILES string of the molecule is CCNc1cc(C(C)C)nc2c(OC)ccc(Br)c12. The van der Waals surface area contributed by atoms with Gasteiger partial charge in [0.05, 0.1) is 7.11 Å². The minimum Gasteiger partial charge on any atom is -0.494 e. The molecule has 0 atom stereocenters. The predicted molar refractivity (Wildman–Crippen MR) is 84.2 cm³/mol. The number of halogens is 1. The van der Waals surface area contributed by atoms with Crippen LogP contribution in [0.1, 0.15) is 32.4 Å². The highest BCUT2D eigenvalue weighted by molar-refractivity contribution is 9.10. The largest absolute Gasteiger partial charge is 0.494 e. The molecule has 0 spiro atoms. The highest BCUT2D eigenvalue weighted by atomic mass is 79.9. The first-order chi connectivity index (χ1) is 9.08. The molecule has 0 aliphatic carbocycles. The Kier molecular flexibility index (Phi) is 4.30. The van der Waals surface area contributed by atoms with Crippen LogP contribution in [-0.2, 0) is 0 Å². The number of anilines is 1. The van der Waals surface area contributed by atoms with Crippen molar-refractivity contribution >= 4 is 32.5 Å². The van der Waals surface area contributed by atoms with Gasteiger partial charge in [-0.3, -0.25) is 0 Å². The van der Waals surface area contributed by atoms with Gasteiger partial charge in [0.1, 0.15) is 11.3 Å². The van der Waals surface area contributed by atoms with Crippen molar-refractivity contribution in [2.75, 3.05) is 19.0 Å². The van der Waals surface area contributed by atoms with Crippen LogP contribution in [0.3, 0.4) is 0 Å². The van der Waals surface area contributed by atoms with Gasteiger partial charge in [0.15, 0.2) is 0 Å². The van der Waals surface area contributed by atoms with Gasteiger partial charge in [-0.25, -0.2) is 4.98 Å². The summed E-state index contributed by atoms with van der Waals surface area (Å²) in [6.45, 7) is 7.26. The van der Waals surface area contributed by atoms with Crippen LogP contribution in [0.25, 0.3) is 10.9 Å². The van der Waals surface area contributed by atoms with Crippen molar-refractivity contribution < 1.29 is 4.74 Å². The third-order valence-corrected chi connectivity index (χ3v) is 3.73. The van der Waals surface area contributed by atoms with E-state index in [-0.39, 0.29) is 0 Å². The van der Waals surface area contributed by atoms with E-state index in [1.54, 1.807) is 7.11 Å². The van der Waals surface area contributed by atoms with Crippen LogP contribution in [0.4, 0.5) is 5.69 Å². The summed E-state index contributed by atoms with van der Waals surface area (Å²) >= 11 is 3.61. The van der Waals surface area contributed by atoms with E-state index in [1.807, 2.05) is 12.1 Å². The van der Waals surface area contributed by atoms with Crippen molar-refractivity contribution in [2.45, 2.75) is 26.7 Å². The second-order valence-electron chi connectivity index (χ2n) is 4.75. The van der Waals surface area contributed by atoms with E-state index < -0.39 is 0 Å². The van der Waals surface area contributed by atoms with Crippen LogP contribution in [0.5, 0.6) is 5.75 Å². The van der Waals surface area contributed by atoms with Crippen LogP contribution in [-0.4, -0.2) is 18.6 Å². The first-order valence-corrected chi connectivity index (χ1v) is 7.28. The molecule has 2 rings (SSSR count). The molecule has 1 heterocycles. The van der Waals surface area contributed by atoms with Crippen molar-refractivity contribution in [1.82, 2.24) is 4.98 Å². The molecule has 19 heavy (non-hydrogen) atoms. The second-order valence-corrected chi connectivity index (χ2v) is 5.61. The van der Waals surface area contributed by atoms with E-state index in [4.69, 9.17) is 9.72 Å². The standard InChI is InChI=1S/C15H19BrN2O/c1-5-17-12-8-11(9(2)3)18-15-13(19-4)7-6-10(16)14(12)15/h6-9H,5H2,1-4H3,(H,17,18). The second kappa shape index (κ2) is 5.78. The van der Waals surface area contributed by atoms with Crippen molar-refractivity contribution in [3.05, 3.63) is 28.4 Å². The first-order valence-electron chi connectivity index (χ1n) is 6.49. The van der Waals surface area contributed by atoms with Crippen LogP contribution in [0.2, 0.25) is 0 Å². The molecule has 0 fully saturated rings. The van der Waals surface area contributed by atoms with E-state index in [9.17, 15) is 0 Å². The summed E-state index contributed by atoms with van der Waals surface area (Å²) in [5, 5.41) is 4.49. The Hall–Kier alpha value is -1.29. The summed E-state index contributed by atoms with van der Waals surface area (Å²) in [5.74, 6) is 1.19. The molecule has 0 bridgehead atoms. The monoisotopic (exact) mass is 322 g/mol. The van der Waals surface area contributed by atoms with Gasteiger partial charge < -0.3 is 10.1 Å². The van der Waals surface area contributed by atoms with Crippen molar-refractivity contribution in [1.29, 1.82) is 0 Å². The highest BCUT2D eigenvalue weighted by Gasteiger charge is 2.14. The van der Waals surface area contributed by atoms with Crippen LogP contribution >= 0.6 is 15.9 Å². The van der Waals surface area contributed by atoms with Gasteiger partial charge in [0, 0.05) is 27.8 Å². The lowest BCUT2D eigenvalue weighted by Crippen LogP contribution is -2.03. The van der Waals surface area contributed by atoms with Gasteiger partial charge in [-0.05, 0) is 31.0 Å². The highest BCUT2D eigenvalue weighted by Crippen LogP contribution is 2.36. The molecule has 0 unspecified atom stereocenters. The normalized spacial score (nSPS) is 11.1. The van der Waals surface area contributed by atoms with Gasteiger partial charge in [-0.15, -0.1) is 0 Å². The molecule has 102 valence electrons. The molecule has 0 radical (unpaired) electrons. The van der Waals surface area contributed by atoms with E-state index in [0.717, 1.165) is 39.1 Å². The topological polar surface area (TPSA) is 34.2 Å². The molecule has 1 N–H and O–H groups in total. The predicted octanol–water partition coefficient (Wildman–Crippen LogP) is 4.56. The molecule has 1 aromatic heterocycles. The number of aromatic nitrogens is 1. The quantitative estimate of drug-likeness (QED) is 0.895. The molecule has 3 nitrogen and oxygen atoms in total. The van der Waals surface area contributed by atoms with Crippen LogP contribution in [0, 0.1) is 0 Å². The Balaban J connectivity index is 2.81. The molecule has 0 saturated heterocycles. The van der Waals surface area contributed by atoms with Crippen molar-refractivity contribution in [2.24, 2.45) is 0 Å². The average molecular weight is 323 g/mol. The Morgan fingerprint density at radius 2 is 2.11 bits per heavy atom. The summed E-state index contributed by atoms with van der Waals surface area (Å²) in [5.41, 5.74) is 3.07.